The first-order valence-corrected chi connectivity index (χ1v) is 6.85. The van der Waals surface area contributed by atoms with Gasteiger partial charge in [0.05, 0.1) is 11.5 Å². The second-order valence-corrected chi connectivity index (χ2v) is 4.70. The predicted molar refractivity (Wildman–Crippen MR) is 81.2 cm³/mol. The summed E-state index contributed by atoms with van der Waals surface area (Å²) in [7, 11) is 0. The number of rotatable bonds is 7. The molecule has 2 rings (SSSR count). The van der Waals surface area contributed by atoms with E-state index in [2.05, 4.69) is 12.1 Å². The maximum absolute atomic E-state index is 11.0. The number of nitrogens with two attached hydrogens (primary N) is 1. The fourth-order valence-electron chi connectivity index (χ4n) is 2.06. The van der Waals surface area contributed by atoms with Crippen LogP contribution in [0.25, 0.3) is 0 Å². The van der Waals surface area contributed by atoms with E-state index in [0.717, 1.165) is 18.4 Å². The van der Waals surface area contributed by atoms with Gasteiger partial charge in [-0.1, -0.05) is 36.4 Å². The second kappa shape index (κ2) is 7.40. The van der Waals surface area contributed by atoms with Crippen molar-refractivity contribution in [3.8, 4) is 5.75 Å². The van der Waals surface area contributed by atoms with E-state index in [1.54, 1.807) is 12.1 Å². The summed E-state index contributed by atoms with van der Waals surface area (Å²) in [5, 5.41) is 11.0. The molecular formula is C16H18N2O3. The number of nitro groups is 1. The fourth-order valence-corrected chi connectivity index (χ4v) is 2.06. The zero-order valence-corrected chi connectivity index (χ0v) is 11.7. The van der Waals surface area contributed by atoms with Crippen LogP contribution in [0.15, 0.2) is 48.5 Å². The monoisotopic (exact) mass is 286 g/mol. The van der Waals surface area contributed by atoms with Crippen molar-refractivity contribution in [1.29, 1.82) is 0 Å². The van der Waals surface area contributed by atoms with Gasteiger partial charge in [0.25, 0.3) is 0 Å². The average Bonchev–Trinajstić information content (AvgIpc) is 2.52. The molecule has 0 fully saturated rings. The average molecular weight is 286 g/mol. The van der Waals surface area contributed by atoms with Gasteiger partial charge in [0.2, 0.25) is 0 Å². The number of hydrogen-bond acceptors (Lipinski definition) is 4. The number of aryl methyl sites for hydroxylation is 1. The summed E-state index contributed by atoms with van der Waals surface area (Å²) in [4.78, 5) is 10.5. The molecule has 0 aliphatic carbocycles. The summed E-state index contributed by atoms with van der Waals surface area (Å²) in [5.74, 6) is 0.288. The Balaban J connectivity index is 1.94. The molecule has 0 aromatic heterocycles. The van der Waals surface area contributed by atoms with E-state index in [0.29, 0.717) is 13.2 Å². The van der Waals surface area contributed by atoms with Crippen molar-refractivity contribution >= 4 is 5.69 Å². The molecule has 0 aliphatic heterocycles. The van der Waals surface area contributed by atoms with Crippen molar-refractivity contribution in [2.24, 2.45) is 5.73 Å². The first-order chi connectivity index (χ1) is 10.2. The van der Waals surface area contributed by atoms with Crippen LogP contribution in [0, 0.1) is 10.1 Å². The van der Waals surface area contributed by atoms with Crippen molar-refractivity contribution in [3.05, 3.63) is 69.8 Å². The molecule has 0 spiro atoms. The number of nitro benzene ring substituents is 1. The highest BCUT2D eigenvalue weighted by Gasteiger charge is 2.15. The number of hydrogen-bond donors (Lipinski definition) is 1. The molecule has 0 aliphatic rings. The lowest BCUT2D eigenvalue weighted by Crippen LogP contribution is -2.04. The van der Waals surface area contributed by atoms with E-state index in [1.165, 1.54) is 11.6 Å². The van der Waals surface area contributed by atoms with Crippen LogP contribution in [0.2, 0.25) is 0 Å². The number of ether oxygens (including phenoxy) is 1. The maximum atomic E-state index is 11.0. The lowest BCUT2D eigenvalue weighted by atomic mass is 10.1. The Morgan fingerprint density at radius 3 is 2.52 bits per heavy atom. The minimum absolute atomic E-state index is 0.0214. The molecule has 0 unspecified atom stereocenters. The van der Waals surface area contributed by atoms with Gasteiger partial charge in [0.1, 0.15) is 0 Å². The molecule has 5 heteroatoms. The second-order valence-electron chi connectivity index (χ2n) is 4.70. The van der Waals surface area contributed by atoms with Gasteiger partial charge in [-0.05, 0) is 30.0 Å². The topological polar surface area (TPSA) is 78.4 Å². The Kier molecular flexibility index (Phi) is 5.29. The quantitative estimate of drug-likeness (QED) is 0.482. The van der Waals surface area contributed by atoms with Crippen LogP contribution in [0.4, 0.5) is 5.69 Å². The maximum Gasteiger partial charge on any atom is 0.310 e. The highest BCUT2D eigenvalue weighted by atomic mass is 16.6. The van der Waals surface area contributed by atoms with Crippen molar-refractivity contribution in [2.45, 2.75) is 19.4 Å². The first kappa shape index (κ1) is 15.0. The Labute approximate surface area is 123 Å². The third-order valence-electron chi connectivity index (χ3n) is 3.17. The minimum Gasteiger partial charge on any atom is -0.487 e. The van der Waals surface area contributed by atoms with Gasteiger partial charge >= 0.3 is 5.69 Å². The third kappa shape index (κ3) is 4.29. The molecule has 0 saturated heterocycles. The summed E-state index contributed by atoms with van der Waals surface area (Å²) >= 11 is 0. The van der Waals surface area contributed by atoms with Crippen LogP contribution >= 0.6 is 0 Å². The molecule has 2 aromatic carbocycles. The summed E-state index contributed by atoms with van der Waals surface area (Å²) in [6.07, 6.45) is 1.68. The molecule has 0 atom stereocenters. The van der Waals surface area contributed by atoms with E-state index < -0.39 is 4.92 Å². The molecule has 0 amide bonds. The molecule has 110 valence electrons. The van der Waals surface area contributed by atoms with E-state index in [-0.39, 0.29) is 11.4 Å². The van der Waals surface area contributed by atoms with E-state index >= 15 is 0 Å². The van der Waals surface area contributed by atoms with Crippen LogP contribution in [-0.2, 0) is 13.0 Å². The lowest BCUT2D eigenvalue weighted by Gasteiger charge is -2.08. The highest BCUT2D eigenvalue weighted by molar-refractivity contribution is 5.48. The molecule has 0 heterocycles. The Morgan fingerprint density at radius 2 is 1.86 bits per heavy atom. The summed E-state index contributed by atoms with van der Waals surface area (Å²) in [6.45, 7) is 0.766. The smallest absolute Gasteiger partial charge is 0.310 e. The first-order valence-electron chi connectivity index (χ1n) is 6.85. The van der Waals surface area contributed by atoms with Gasteiger partial charge in [-0.2, -0.15) is 0 Å². The minimum atomic E-state index is -0.438. The van der Waals surface area contributed by atoms with Gasteiger partial charge in [-0.15, -0.1) is 0 Å². The molecule has 2 aromatic rings. The zero-order chi connectivity index (χ0) is 15.1. The molecular weight excluding hydrogens is 268 g/mol. The summed E-state index contributed by atoms with van der Waals surface area (Å²) in [6, 6.07) is 14.8. The molecule has 5 nitrogen and oxygen atoms in total. The van der Waals surface area contributed by atoms with E-state index in [1.807, 2.05) is 18.2 Å². The molecule has 0 radical (unpaired) electrons. The third-order valence-corrected chi connectivity index (χ3v) is 3.17. The lowest BCUT2D eigenvalue weighted by molar-refractivity contribution is -0.385. The zero-order valence-electron chi connectivity index (χ0n) is 11.7. The molecule has 2 N–H and O–H groups in total. The normalized spacial score (nSPS) is 10.3. The van der Waals surface area contributed by atoms with Gasteiger partial charge in [0.15, 0.2) is 5.75 Å². The molecule has 0 bridgehead atoms. The largest absolute Gasteiger partial charge is 0.487 e. The van der Waals surface area contributed by atoms with Crippen LogP contribution in [-0.4, -0.2) is 11.5 Å². The van der Waals surface area contributed by atoms with E-state index in [4.69, 9.17) is 10.5 Å². The SMILES string of the molecule is NCc1ccc([N+](=O)[O-])c(OCCCc2ccccc2)c1. The number of nitrogens with zero attached hydrogens (tertiary/aromatic N) is 1. The van der Waals surface area contributed by atoms with Gasteiger partial charge in [-0.3, -0.25) is 10.1 Å². The summed E-state index contributed by atoms with van der Waals surface area (Å²) < 4.78 is 5.57. The Morgan fingerprint density at radius 1 is 1.10 bits per heavy atom. The van der Waals surface area contributed by atoms with Gasteiger partial charge in [-0.25, -0.2) is 0 Å². The highest BCUT2D eigenvalue weighted by Crippen LogP contribution is 2.28. The standard InChI is InChI=1S/C16H18N2O3/c17-12-14-8-9-15(18(19)20)16(11-14)21-10-4-7-13-5-2-1-3-6-13/h1-3,5-6,8-9,11H,4,7,10,12,17H2. The molecule has 21 heavy (non-hydrogen) atoms. The van der Waals surface area contributed by atoms with Gasteiger partial charge < -0.3 is 10.5 Å². The Hall–Kier alpha value is -2.40. The fraction of sp³-hybridized carbons (Fsp3) is 0.250. The van der Waals surface area contributed by atoms with Crippen molar-refractivity contribution in [3.63, 3.8) is 0 Å². The van der Waals surface area contributed by atoms with E-state index in [9.17, 15) is 10.1 Å². The van der Waals surface area contributed by atoms with Crippen LogP contribution in [0.5, 0.6) is 5.75 Å². The number of benzene rings is 2. The van der Waals surface area contributed by atoms with Gasteiger partial charge in [0, 0.05) is 12.6 Å². The predicted octanol–water partition coefficient (Wildman–Crippen LogP) is 3.07. The Bertz CT molecular complexity index is 600. The molecule has 0 saturated carbocycles. The van der Waals surface area contributed by atoms with Crippen molar-refractivity contribution in [1.82, 2.24) is 0 Å². The van der Waals surface area contributed by atoms with Crippen molar-refractivity contribution < 1.29 is 9.66 Å². The van der Waals surface area contributed by atoms with Crippen molar-refractivity contribution in [2.75, 3.05) is 6.61 Å². The van der Waals surface area contributed by atoms with Crippen LogP contribution in [0.3, 0.4) is 0 Å². The van der Waals surface area contributed by atoms with Crippen LogP contribution < -0.4 is 10.5 Å². The van der Waals surface area contributed by atoms with Crippen LogP contribution in [0.1, 0.15) is 17.5 Å². The summed E-state index contributed by atoms with van der Waals surface area (Å²) in [5.41, 5.74) is 7.58.